The molecule has 0 amide bonds. The van der Waals surface area contributed by atoms with Crippen LogP contribution in [0, 0.1) is 11.8 Å². The zero-order valence-electron chi connectivity index (χ0n) is 8.78. The van der Waals surface area contributed by atoms with Gasteiger partial charge in [-0.1, -0.05) is 47.3 Å². The van der Waals surface area contributed by atoms with Crippen LogP contribution in [0.1, 0.15) is 5.56 Å². The lowest BCUT2D eigenvalue weighted by molar-refractivity contribution is 0.429. The predicted molar refractivity (Wildman–Crippen MR) is 68.0 cm³/mol. The fourth-order valence-corrected chi connectivity index (χ4v) is 1.59. The number of rotatable bonds is 2. The normalized spacial score (nSPS) is 10.1. The molecule has 0 aromatic heterocycles. The Labute approximate surface area is 110 Å². The van der Waals surface area contributed by atoms with Crippen molar-refractivity contribution < 1.29 is 12.6 Å². The molecular weight excluding hydrogens is 283 g/mol. The molecule has 0 bridgehead atoms. The summed E-state index contributed by atoms with van der Waals surface area (Å²) >= 11 is 10.9. The molecule has 0 aliphatic carbocycles. The maximum atomic E-state index is 10.9. The molecule has 1 rings (SSSR count). The largest absolute Gasteiger partial charge is 0.371 e. The summed E-state index contributed by atoms with van der Waals surface area (Å²) in [6, 6.07) is 8.95. The Morgan fingerprint density at radius 3 is 2.29 bits per heavy atom. The second-order valence-corrected chi connectivity index (χ2v) is 5.52. The molecule has 6 heteroatoms. The fourth-order valence-electron chi connectivity index (χ4n) is 0.901. The number of hydrogen-bond donors (Lipinski definition) is 0. The standard InChI is InChI=1S/C11H8Cl2O3S/c1-17(14,15)16-10(11(12)13)8-7-9-5-3-2-4-6-9/h2-6H,1H3. The van der Waals surface area contributed by atoms with Crippen LogP contribution in [0.4, 0.5) is 0 Å². The first kappa shape index (κ1) is 13.9. The van der Waals surface area contributed by atoms with E-state index in [-0.39, 0.29) is 10.3 Å². The second kappa shape index (κ2) is 5.97. The van der Waals surface area contributed by atoms with Crippen LogP contribution >= 0.6 is 23.2 Å². The van der Waals surface area contributed by atoms with Crippen LogP contribution in [0.3, 0.4) is 0 Å². The molecule has 0 heterocycles. The number of allylic oxidation sites excluding steroid dienone is 1. The molecule has 0 saturated carbocycles. The molecule has 0 aliphatic rings. The quantitative estimate of drug-likeness (QED) is 0.478. The van der Waals surface area contributed by atoms with Crippen molar-refractivity contribution in [2.45, 2.75) is 0 Å². The summed E-state index contributed by atoms with van der Waals surface area (Å²) in [6.45, 7) is 0. The Balaban J connectivity index is 2.99. The van der Waals surface area contributed by atoms with Gasteiger partial charge in [0.15, 0.2) is 4.49 Å². The maximum absolute atomic E-state index is 10.9. The Kier molecular flexibility index (Phi) is 4.88. The van der Waals surface area contributed by atoms with E-state index in [0.29, 0.717) is 5.56 Å². The van der Waals surface area contributed by atoms with Crippen LogP contribution in [0.5, 0.6) is 0 Å². The lowest BCUT2D eigenvalue weighted by Gasteiger charge is -2.00. The van der Waals surface area contributed by atoms with Crippen LogP contribution in [-0.2, 0) is 14.3 Å². The molecule has 17 heavy (non-hydrogen) atoms. The van der Waals surface area contributed by atoms with E-state index in [2.05, 4.69) is 16.0 Å². The van der Waals surface area contributed by atoms with Gasteiger partial charge in [0, 0.05) is 5.56 Å². The Bertz CT molecular complexity index is 576. The minimum Gasteiger partial charge on any atom is -0.371 e. The number of halogens is 2. The van der Waals surface area contributed by atoms with Crippen molar-refractivity contribution in [3.05, 3.63) is 46.1 Å². The van der Waals surface area contributed by atoms with E-state index in [4.69, 9.17) is 23.2 Å². The molecule has 0 radical (unpaired) electrons. The van der Waals surface area contributed by atoms with Crippen molar-refractivity contribution in [2.24, 2.45) is 0 Å². The first-order valence-corrected chi connectivity index (χ1v) is 6.97. The predicted octanol–water partition coefficient (Wildman–Crippen LogP) is 2.66. The van der Waals surface area contributed by atoms with Crippen molar-refractivity contribution >= 4 is 33.3 Å². The van der Waals surface area contributed by atoms with E-state index in [1.807, 2.05) is 6.07 Å². The van der Waals surface area contributed by atoms with E-state index in [1.165, 1.54) is 0 Å². The van der Waals surface area contributed by atoms with Crippen molar-refractivity contribution in [3.8, 4) is 11.8 Å². The molecule has 0 saturated heterocycles. The van der Waals surface area contributed by atoms with Gasteiger partial charge in [-0.2, -0.15) is 8.42 Å². The van der Waals surface area contributed by atoms with E-state index >= 15 is 0 Å². The van der Waals surface area contributed by atoms with Gasteiger partial charge in [-0.25, -0.2) is 0 Å². The first-order valence-electron chi connectivity index (χ1n) is 4.40. The highest BCUT2D eigenvalue weighted by Crippen LogP contribution is 2.16. The highest BCUT2D eigenvalue weighted by atomic mass is 35.5. The van der Waals surface area contributed by atoms with Gasteiger partial charge in [0.25, 0.3) is 0 Å². The van der Waals surface area contributed by atoms with E-state index in [0.717, 1.165) is 6.26 Å². The van der Waals surface area contributed by atoms with Gasteiger partial charge in [0.2, 0.25) is 5.76 Å². The van der Waals surface area contributed by atoms with Gasteiger partial charge in [0.05, 0.1) is 6.26 Å². The lowest BCUT2D eigenvalue weighted by Crippen LogP contribution is -2.02. The molecule has 0 spiro atoms. The van der Waals surface area contributed by atoms with E-state index < -0.39 is 10.1 Å². The molecule has 0 atom stereocenters. The zero-order chi connectivity index (χ0) is 12.9. The van der Waals surface area contributed by atoms with Crippen LogP contribution in [0.15, 0.2) is 40.6 Å². The molecule has 1 aromatic carbocycles. The molecule has 3 nitrogen and oxygen atoms in total. The van der Waals surface area contributed by atoms with E-state index in [1.54, 1.807) is 24.3 Å². The summed E-state index contributed by atoms with van der Waals surface area (Å²) in [5.41, 5.74) is 0.691. The van der Waals surface area contributed by atoms with Crippen LogP contribution < -0.4 is 0 Å². The minimum absolute atomic E-state index is 0.292. The third-order valence-corrected chi connectivity index (χ3v) is 2.31. The molecule has 90 valence electrons. The van der Waals surface area contributed by atoms with Crippen LogP contribution in [-0.4, -0.2) is 14.7 Å². The SMILES string of the molecule is CS(=O)(=O)OC(C#Cc1ccccc1)=C(Cl)Cl. The smallest absolute Gasteiger partial charge is 0.306 e. The minimum atomic E-state index is -3.70. The van der Waals surface area contributed by atoms with Crippen molar-refractivity contribution in [3.63, 3.8) is 0 Å². The third-order valence-electron chi connectivity index (χ3n) is 1.50. The summed E-state index contributed by atoms with van der Waals surface area (Å²) in [5, 5.41) is 0. The summed E-state index contributed by atoms with van der Waals surface area (Å²) in [6.07, 6.45) is 0.883. The molecular formula is C11H8Cl2O3S. The molecule has 0 N–H and O–H groups in total. The van der Waals surface area contributed by atoms with Gasteiger partial charge in [-0.05, 0) is 18.1 Å². The Morgan fingerprint density at radius 2 is 1.82 bits per heavy atom. The van der Waals surface area contributed by atoms with Crippen molar-refractivity contribution in [2.75, 3.05) is 6.26 Å². The zero-order valence-corrected chi connectivity index (χ0v) is 11.1. The fraction of sp³-hybridized carbons (Fsp3) is 0.0909. The second-order valence-electron chi connectivity index (χ2n) is 2.99. The van der Waals surface area contributed by atoms with Gasteiger partial charge in [-0.3, -0.25) is 0 Å². The average Bonchev–Trinajstić information content (AvgIpc) is 2.24. The Hall–Kier alpha value is -1.15. The van der Waals surface area contributed by atoms with Gasteiger partial charge in [-0.15, -0.1) is 0 Å². The van der Waals surface area contributed by atoms with Gasteiger partial charge in [0.1, 0.15) is 0 Å². The number of hydrogen-bond acceptors (Lipinski definition) is 3. The van der Waals surface area contributed by atoms with Gasteiger partial charge < -0.3 is 4.18 Å². The van der Waals surface area contributed by atoms with Crippen molar-refractivity contribution in [1.82, 2.24) is 0 Å². The lowest BCUT2D eigenvalue weighted by atomic mass is 10.2. The van der Waals surface area contributed by atoms with Crippen LogP contribution in [0.2, 0.25) is 0 Å². The van der Waals surface area contributed by atoms with Crippen molar-refractivity contribution in [1.29, 1.82) is 0 Å². The summed E-state index contributed by atoms with van der Waals surface area (Å²) < 4.78 is 26.0. The third kappa shape index (κ3) is 5.64. The topological polar surface area (TPSA) is 43.4 Å². The number of benzene rings is 1. The maximum Gasteiger partial charge on any atom is 0.306 e. The first-order chi connectivity index (χ1) is 7.88. The monoisotopic (exact) mass is 290 g/mol. The van der Waals surface area contributed by atoms with Crippen LogP contribution in [0.25, 0.3) is 0 Å². The summed E-state index contributed by atoms with van der Waals surface area (Å²) in [4.78, 5) is 0. The summed E-state index contributed by atoms with van der Waals surface area (Å²) in [7, 11) is -3.70. The summed E-state index contributed by atoms with van der Waals surface area (Å²) in [5.74, 6) is 4.85. The van der Waals surface area contributed by atoms with Gasteiger partial charge >= 0.3 is 10.1 Å². The highest BCUT2D eigenvalue weighted by molar-refractivity contribution is 7.86. The van der Waals surface area contributed by atoms with E-state index in [9.17, 15) is 8.42 Å². The molecule has 0 unspecified atom stereocenters. The average molecular weight is 291 g/mol. The molecule has 1 aromatic rings. The highest BCUT2D eigenvalue weighted by Gasteiger charge is 2.08. The Morgan fingerprint density at radius 1 is 1.24 bits per heavy atom. The molecule has 0 fully saturated rings. The molecule has 0 aliphatic heterocycles.